The maximum Gasteiger partial charge on any atom is 0.118 e. The van der Waals surface area contributed by atoms with E-state index in [9.17, 15) is 5.11 Å². The zero-order chi connectivity index (χ0) is 18.4. The highest BCUT2D eigenvalue weighted by molar-refractivity contribution is 5.36. The number of hydrogen-bond acceptors (Lipinski definition) is 3. The highest BCUT2D eigenvalue weighted by Crippen LogP contribution is 2.41. The molecule has 2 aromatic rings. The van der Waals surface area contributed by atoms with Crippen molar-refractivity contribution in [1.82, 2.24) is 4.90 Å². The average molecular weight is 351 g/mol. The summed E-state index contributed by atoms with van der Waals surface area (Å²) in [6, 6.07) is 18.2. The van der Waals surface area contributed by atoms with Crippen molar-refractivity contribution in [1.29, 1.82) is 0 Å². The van der Waals surface area contributed by atoms with Crippen LogP contribution in [-0.4, -0.2) is 36.8 Å². The lowest BCUT2D eigenvalue weighted by Crippen LogP contribution is -2.40. The number of rotatable bonds is 8. The van der Waals surface area contributed by atoms with E-state index in [1.807, 2.05) is 36.4 Å². The van der Waals surface area contributed by atoms with Gasteiger partial charge in [-0.25, -0.2) is 0 Å². The molecule has 2 aromatic carbocycles. The Morgan fingerprint density at radius 3 is 2.35 bits per heavy atom. The zero-order valence-electron chi connectivity index (χ0n) is 15.6. The van der Waals surface area contributed by atoms with E-state index in [0.717, 1.165) is 30.9 Å². The smallest absolute Gasteiger partial charge is 0.118 e. The topological polar surface area (TPSA) is 32.7 Å². The first-order valence-electron chi connectivity index (χ1n) is 9.42. The number of methoxy groups -OCH3 is 1. The van der Waals surface area contributed by atoms with Gasteiger partial charge in [0.25, 0.3) is 0 Å². The Morgan fingerprint density at radius 2 is 1.77 bits per heavy atom. The molecule has 1 aliphatic rings. The van der Waals surface area contributed by atoms with E-state index >= 15 is 0 Å². The first-order chi connectivity index (χ1) is 12.7. The lowest BCUT2D eigenvalue weighted by atomic mass is 9.75. The summed E-state index contributed by atoms with van der Waals surface area (Å²) < 4.78 is 5.28. The fourth-order valence-corrected chi connectivity index (χ4v) is 4.00. The van der Waals surface area contributed by atoms with Crippen LogP contribution < -0.4 is 4.74 Å². The quantitative estimate of drug-likeness (QED) is 0.718. The van der Waals surface area contributed by atoms with Crippen LogP contribution in [0.3, 0.4) is 0 Å². The van der Waals surface area contributed by atoms with Crippen LogP contribution >= 0.6 is 0 Å². The van der Waals surface area contributed by atoms with Crippen molar-refractivity contribution >= 4 is 0 Å². The highest BCUT2D eigenvalue weighted by Gasteiger charge is 2.39. The van der Waals surface area contributed by atoms with Crippen LogP contribution in [0.1, 0.15) is 36.3 Å². The number of nitrogens with zero attached hydrogens (tertiary/aromatic N) is 1. The molecule has 0 saturated carbocycles. The molecule has 0 aromatic heterocycles. The maximum absolute atomic E-state index is 11.9. The third kappa shape index (κ3) is 4.00. The van der Waals surface area contributed by atoms with Crippen LogP contribution in [-0.2, 0) is 5.60 Å². The molecule has 0 amide bonds. The second kappa shape index (κ2) is 8.52. The lowest BCUT2D eigenvalue weighted by Gasteiger charge is -2.39. The largest absolute Gasteiger partial charge is 0.497 e. The van der Waals surface area contributed by atoms with Gasteiger partial charge < -0.3 is 14.7 Å². The van der Waals surface area contributed by atoms with Crippen LogP contribution in [0.4, 0.5) is 0 Å². The van der Waals surface area contributed by atoms with Gasteiger partial charge >= 0.3 is 0 Å². The molecule has 1 saturated heterocycles. The highest BCUT2D eigenvalue weighted by atomic mass is 16.5. The molecular formula is C23H29NO2. The van der Waals surface area contributed by atoms with Crippen molar-refractivity contribution < 1.29 is 9.84 Å². The molecule has 2 atom stereocenters. The van der Waals surface area contributed by atoms with Crippen LogP contribution in [0, 0.1) is 0 Å². The Balaban J connectivity index is 2.01. The molecular weight excluding hydrogens is 322 g/mol. The third-order valence-electron chi connectivity index (χ3n) is 5.46. The SMILES string of the molecule is C=CC[C@@](O)(c1ccc(OC)cc1)[C@H](CN1CCCC1)c1ccccc1. The van der Waals surface area contributed by atoms with Gasteiger partial charge in [0.1, 0.15) is 11.4 Å². The molecule has 3 nitrogen and oxygen atoms in total. The van der Waals surface area contributed by atoms with Gasteiger partial charge in [-0.2, -0.15) is 0 Å². The molecule has 1 aliphatic heterocycles. The second-order valence-electron chi connectivity index (χ2n) is 7.12. The minimum atomic E-state index is -1.00. The minimum absolute atomic E-state index is 0.0202. The van der Waals surface area contributed by atoms with Crippen molar-refractivity contribution in [3.63, 3.8) is 0 Å². The average Bonchev–Trinajstić information content (AvgIpc) is 3.20. The number of aliphatic hydroxyl groups is 1. The first kappa shape index (κ1) is 18.7. The van der Waals surface area contributed by atoms with Gasteiger partial charge in [0.05, 0.1) is 7.11 Å². The van der Waals surface area contributed by atoms with Gasteiger partial charge in [-0.15, -0.1) is 6.58 Å². The van der Waals surface area contributed by atoms with Crippen molar-refractivity contribution in [3.05, 3.63) is 78.4 Å². The summed E-state index contributed by atoms with van der Waals surface area (Å²) in [4.78, 5) is 2.47. The molecule has 0 radical (unpaired) electrons. The van der Waals surface area contributed by atoms with E-state index in [0.29, 0.717) is 6.42 Å². The van der Waals surface area contributed by atoms with E-state index in [2.05, 4.69) is 35.7 Å². The summed E-state index contributed by atoms with van der Waals surface area (Å²) in [5, 5.41) is 11.9. The number of ether oxygens (including phenoxy) is 1. The minimum Gasteiger partial charge on any atom is -0.497 e. The van der Waals surface area contributed by atoms with E-state index in [-0.39, 0.29) is 5.92 Å². The van der Waals surface area contributed by atoms with Crippen molar-refractivity contribution in [2.24, 2.45) is 0 Å². The summed E-state index contributed by atoms with van der Waals surface area (Å²) in [5.74, 6) is 0.777. The zero-order valence-corrected chi connectivity index (χ0v) is 15.6. The molecule has 138 valence electrons. The monoisotopic (exact) mass is 351 g/mol. The Hall–Kier alpha value is -2.10. The second-order valence-corrected chi connectivity index (χ2v) is 7.12. The van der Waals surface area contributed by atoms with E-state index in [1.165, 1.54) is 18.4 Å². The van der Waals surface area contributed by atoms with Gasteiger partial charge in [0.15, 0.2) is 0 Å². The van der Waals surface area contributed by atoms with Crippen molar-refractivity contribution in [2.75, 3.05) is 26.7 Å². The molecule has 0 unspecified atom stereocenters. The standard InChI is InChI=1S/C23H29NO2/c1-3-15-23(25,20-11-13-21(26-2)14-12-20)22(18-24-16-7-8-17-24)19-9-5-4-6-10-19/h3-6,9-14,22,25H,1,7-8,15-18H2,2H3/t22-,23-/m1/s1. The summed E-state index contributed by atoms with van der Waals surface area (Å²) in [7, 11) is 1.66. The van der Waals surface area contributed by atoms with E-state index in [4.69, 9.17) is 4.74 Å². The fourth-order valence-electron chi connectivity index (χ4n) is 4.00. The van der Waals surface area contributed by atoms with Gasteiger partial charge in [0, 0.05) is 12.5 Å². The molecule has 3 heteroatoms. The number of hydrogen-bond donors (Lipinski definition) is 1. The molecule has 0 bridgehead atoms. The van der Waals surface area contributed by atoms with E-state index < -0.39 is 5.60 Å². The van der Waals surface area contributed by atoms with Crippen LogP contribution in [0.5, 0.6) is 5.75 Å². The van der Waals surface area contributed by atoms with Crippen molar-refractivity contribution in [3.8, 4) is 5.75 Å². The van der Waals surface area contributed by atoms with Crippen LogP contribution in [0.2, 0.25) is 0 Å². The fraction of sp³-hybridized carbons (Fsp3) is 0.391. The molecule has 0 spiro atoms. The molecule has 1 N–H and O–H groups in total. The molecule has 1 fully saturated rings. The molecule has 26 heavy (non-hydrogen) atoms. The summed E-state index contributed by atoms with van der Waals surface area (Å²) in [6.07, 6.45) is 4.81. The van der Waals surface area contributed by atoms with E-state index in [1.54, 1.807) is 7.11 Å². The predicted molar refractivity (Wildman–Crippen MR) is 107 cm³/mol. The number of likely N-dealkylation sites (tertiary alicyclic amines) is 1. The van der Waals surface area contributed by atoms with Gasteiger partial charge in [-0.05, 0) is 55.6 Å². The maximum atomic E-state index is 11.9. The summed E-state index contributed by atoms with van der Waals surface area (Å²) >= 11 is 0. The normalized spacial score (nSPS) is 18.2. The van der Waals surface area contributed by atoms with Gasteiger partial charge in [-0.3, -0.25) is 0 Å². The molecule has 0 aliphatic carbocycles. The van der Waals surface area contributed by atoms with Gasteiger partial charge in [-0.1, -0.05) is 48.5 Å². The Labute approximate surface area is 156 Å². The van der Waals surface area contributed by atoms with Crippen LogP contribution in [0.15, 0.2) is 67.3 Å². The molecule has 3 rings (SSSR count). The summed E-state index contributed by atoms with van der Waals surface area (Å²) in [6.45, 7) is 6.98. The Bertz CT molecular complexity index is 692. The van der Waals surface area contributed by atoms with Crippen molar-refractivity contribution in [2.45, 2.75) is 30.8 Å². The number of benzene rings is 2. The van der Waals surface area contributed by atoms with Gasteiger partial charge in [0.2, 0.25) is 0 Å². The lowest BCUT2D eigenvalue weighted by molar-refractivity contribution is -0.000360. The predicted octanol–water partition coefficient (Wildman–Crippen LogP) is 4.34. The Morgan fingerprint density at radius 1 is 1.12 bits per heavy atom. The third-order valence-corrected chi connectivity index (χ3v) is 5.46. The van der Waals surface area contributed by atoms with Crippen LogP contribution in [0.25, 0.3) is 0 Å². The molecule has 1 heterocycles. The Kier molecular flexibility index (Phi) is 6.12. The summed E-state index contributed by atoms with van der Waals surface area (Å²) in [5.41, 5.74) is 1.07. The first-order valence-corrected chi connectivity index (χ1v) is 9.42.